The molecule has 0 bridgehead atoms. The van der Waals surface area contributed by atoms with Crippen LogP contribution in [0.2, 0.25) is 0 Å². The van der Waals surface area contributed by atoms with Gasteiger partial charge in [0.2, 0.25) is 5.91 Å². The second-order valence-corrected chi connectivity index (χ2v) is 4.68. The molecule has 0 saturated heterocycles. The first-order chi connectivity index (χ1) is 9.11. The van der Waals surface area contributed by atoms with E-state index in [0.29, 0.717) is 12.8 Å². The van der Waals surface area contributed by atoms with E-state index in [1.54, 1.807) is 0 Å². The van der Waals surface area contributed by atoms with Crippen molar-refractivity contribution in [2.24, 2.45) is 5.92 Å². The Morgan fingerprint density at radius 3 is 2.42 bits per heavy atom. The molecule has 0 saturated carbocycles. The fourth-order valence-electron chi connectivity index (χ4n) is 2.35. The SMILES string of the molecule is C#CCC(NC(=O)C1Cc2ccccc2C1)C(=O)O. The van der Waals surface area contributed by atoms with Gasteiger partial charge in [0.05, 0.1) is 0 Å². The van der Waals surface area contributed by atoms with Gasteiger partial charge in [-0.15, -0.1) is 12.3 Å². The summed E-state index contributed by atoms with van der Waals surface area (Å²) in [6.45, 7) is 0. The zero-order chi connectivity index (χ0) is 13.8. The molecule has 1 aromatic carbocycles. The fourth-order valence-corrected chi connectivity index (χ4v) is 2.35. The number of hydrogen-bond donors (Lipinski definition) is 2. The van der Waals surface area contributed by atoms with Crippen molar-refractivity contribution in [3.05, 3.63) is 35.4 Å². The first-order valence-corrected chi connectivity index (χ1v) is 6.15. The van der Waals surface area contributed by atoms with Crippen molar-refractivity contribution in [2.45, 2.75) is 25.3 Å². The van der Waals surface area contributed by atoms with Gasteiger partial charge >= 0.3 is 5.97 Å². The second kappa shape index (κ2) is 5.57. The standard InChI is InChI=1S/C15H15NO3/c1-2-5-13(15(18)19)16-14(17)12-8-10-6-3-4-7-11(10)9-12/h1,3-4,6-7,12-13H,5,8-9H2,(H,16,17)(H,18,19). The Bertz CT molecular complexity index is 520. The van der Waals surface area contributed by atoms with Gasteiger partial charge in [-0.1, -0.05) is 24.3 Å². The lowest BCUT2D eigenvalue weighted by atomic mass is 10.0. The van der Waals surface area contributed by atoms with Crippen LogP contribution < -0.4 is 5.32 Å². The van der Waals surface area contributed by atoms with Crippen LogP contribution in [-0.2, 0) is 22.4 Å². The molecule has 0 radical (unpaired) electrons. The fraction of sp³-hybridized carbons (Fsp3) is 0.333. The van der Waals surface area contributed by atoms with Crippen LogP contribution in [0.3, 0.4) is 0 Å². The van der Waals surface area contributed by atoms with Crippen LogP contribution in [0.1, 0.15) is 17.5 Å². The molecule has 0 fully saturated rings. The highest BCUT2D eigenvalue weighted by Gasteiger charge is 2.29. The van der Waals surface area contributed by atoms with Crippen molar-refractivity contribution in [1.82, 2.24) is 5.32 Å². The number of aliphatic carboxylic acids is 1. The topological polar surface area (TPSA) is 66.4 Å². The van der Waals surface area contributed by atoms with Gasteiger partial charge in [0.15, 0.2) is 0 Å². The first-order valence-electron chi connectivity index (χ1n) is 6.15. The minimum absolute atomic E-state index is 0.000736. The highest BCUT2D eigenvalue weighted by atomic mass is 16.4. The van der Waals surface area contributed by atoms with E-state index in [0.717, 1.165) is 11.1 Å². The lowest BCUT2D eigenvalue weighted by molar-refractivity contribution is -0.142. The number of nitrogens with one attached hydrogen (secondary N) is 1. The second-order valence-electron chi connectivity index (χ2n) is 4.68. The molecule has 1 amide bonds. The number of hydrogen-bond acceptors (Lipinski definition) is 2. The summed E-state index contributed by atoms with van der Waals surface area (Å²) in [4.78, 5) is 23.0. The van der Waals surface area contributed by atoms with Gasteiger partial charge in [-0.3, -0.25) is 4.79 Å². The van der Waals surface area contributed by atoms with Gasteiger partial charge in [0.1, 0.15) is 6.04 Å². The number of fused-ring (bicyclic) bond motifs is 1. The smallest absolute Gasteiger partial charge is 0.327 e. The van der Waals surface area contributed by atoms with Crippen molar-refractivity contribution < 1.29 is 14.7 Å². The number of carboxylic acids is 1. The molecule has 19 heavy (non-hydrogen) atoms. The summed E-state index contributed by atoms with van der Waals surface area (Å²) in [6.07, 6.45) is 6.42. The summed E-state index contributed by atoms with van der Waals surface area (Å²) in [5.41, 5.74) is 2.32. The van der Waals surface area contributed by atoms with Gasteiger partial charge in [-0.05, 0) is 24.0 Å². The lowest BCUT2D eigenvalue weighted by Gasteiger charge is -2.15. The quantitative estimate of drug-likeness (QED) is 0.791. The number of terminal acetylenes is 1. The first kappa shape index (κ1) is 13.2. The largest absolute Gasteiger partial charge is 0.480 e. The molecule has 2 N–H and O–H groups in total. The Hall–Kier alpha value is -2.28. The predicted octanol–water partition coefficient (Wildman–Crippen LogP) is 0.994. The van der Waals surface area contributed by atoms with Crippen molar-refractivity contribution in [3.63, 3.8) is 0 Å². The molecule has 4 heteroatoms. The number of carbonyl (C=O) groups is 2. The summed E-state index contributed by atoms with van der Waals surface area (Å²) in [7, 11) is 0. The molecule has 1 aliphatic carbocycles. The molecule has 4 nitrogen and oxygen atoms in total. The van der Waals surface area contributed by atoms with E-state index in [2.05, 4.69) is 11.2 Å². The van der Waals surface area contributed by atoms with Crippen LogP contribution in [0.15, 0.2) is 24.3 Å². The van der Waals surface area contributed by atoms with Crippen LogP contribution in [0.25, 0.3) is 0 Å². The third-order valence-electron chi connectivity index (χ3n) is 3.36. The number of amides is 1. The molecule has 0 aromatic heterocycles. The minimum Gasteiger partial charge on any atom is -0.480 e. The minimum atomic E-state index is -1.10. The highest BCUT2D eigenvalue weighted by molar-refractivity contribution is 5.86. The van der Waals surface area contributed by atoms with Gasteiger partial charge in [-0.2, -0.15) is 0 Å². The summed E-state index contributed by atoms with van der Waals surface area (Å²) in [5, 5.41) is 11.5. The van der Waals surface area contributed by atoms with Crippen LogP contribution >= 0.6 is 0 Å². The molecule has 1 aromatic rings. The molecular weight excluding hydrogens is 242 g/mol. The maximum atomic E-state index is 12.1. The Morgan fingerprint density at radius 2 is 1.95 bits per heavy atom. The Kier molecular flexibility index (Phi) is 3.86. The van der Waals surface area contributed by atoms with Crippen LogP contribution in [0.4, 0.5) is 0 Å². The summed E-state index contributed by atoms with van der Waals surface area (Å²) < 4.78 is 0. The van der Waals surface area contributed by atoms with Gasteiger partial charge < -0.3 is 10.4 Å². The maximum Gasteiger partial charge on any atom is 0.327 e. The third-order valence-corrected chi connectivity index (χ3v) is 3.36. The highest BCUT2D eigenvalue weighted by Crippen LogP contribution is 2.26. The number of benzene rings is 1. The van der Waals surface area contributed by atoms with Gasteiger partial charge in [0, 0.05) is 12.3 Å². The van der Waals surface area contributed by atoms with E-state index in [-0.39, 0.29) is 18.2 Å². The van der Waals surface area contributed by atoms with E-state index in [4.69, 9.17) is 11.5 Å². The molecule has 1 unspecified atom stereocenters. The van der Waals surface area contributed by atoms with E-state index in [1.807, 2.05) is 24.3 Å². The Labute approximate surface area is 111 Å². The average molecular weight is 257 g/mol. The predicted molar refractivity (Wildman–Crippen MR) is 70.4 cm³/mol. The number of carbonyl (C=O) groups excluding carboxylic acids is 1. The van der Waals surface area contributed by atoms with Crippen LogP contribution in [0, 0.1) is 18.3 Å². The molecule has 2 rings (SSSR count). The normalized spacial score (nSPS) is 15.3. The summed E-state index contributed by atoms with van der Waals surface area (Å²) in [5.74, 6) is 0.737. The average Bonchev–Trinajstić information content (AvgIpc) is 2.81. The molecule has 1 atom stereocenters. The molecular formula is C15H15NO3. The molecule has 0 aliphatic heterocycles. The Balaban J connectivity index is 1.99. The van der Waals surface area contributed by atoms with Gasteiger partial charge in [0.25, 0.3) is 0 Å². The van der Waals surface area contributed by atoms with E-state index >= 15 is 0 Å². The molecule has 0 spiro atoms. The van der Waals surface area contributed by atoms with Crippen molar-refractivity contribution in [2.75, 3.05) is 0 Å². The molecule has 1 aliphatic rings. The van der Waals surface area contributed by atoms with E-state index in [1.165, 1.54) is 0 Å². The summed E-state index contributed by atoms with van der Waals surface area (Å²) >= 11 is 0. The third kappa shape index (κ3) is 2.94. The molecule has 98 valence electrons. The molecule has 0 heterocycles. The Morgan fingerprint density at radius 1 is 1.37 bits per heavy atom. The van der Waals surface area contributed by atoms with Crippen molar-refractivity contribution in [1.29, 1.82) is 0 Å². The maximum absolute atomic E-state index is 12.1. The van der Waals surface area contributed by atoms with E-state index in [9.17, 15) is 9.59 Å². The zero-order valence-electron chi connectivity index (χ0n) is 10.4. The number of carboxylic acid groups (broad SMARTS) is 1. The monoisotopic (exact) mass is 257 g/mol. The lowest BCUT2D eigenvalue weighted by Crippen LogP contribution is -2.43. The van der Waals surface area contributed by atoms with Crippen LogP contribution in [-0.4, -0.2) is 23.0 Å². The zero-order valence-corrected chi connectivity index (χ0v) is 10.4. The van der Waals surface area contributed by atoms with Gasteiger partial charge in [-0.25, -0.2) is 4.79 Å². The van der Waals surface area contributed by atoms with Crippen molar-refractivity contribution >= 4 is 11.9 Å². The number of rotatable bonds is 4. The van der Waals surface area contributed by atoms with Crippen molar-refractivity contribution in [3.8, 4) is 12.3 Å². The van der Waals surface area contributed by atoms with Crippen LogP contribution in [0.5, 0.6) is 0 Å². The van der Waals surface area contributed by atoms with E-state index < -0.39 is 12.0 Å². The summed E-state index contributed by atoms with van der Waals surface area (Å²) in [6, 6.07) is 6.88.